The summed E-state index contributed by atoms with van der Waals surface area (Å²) in [6, 6.07) is 20.0. The van der Waals surface area contributed by atoms with Gasteiger partial charge in [0, 0.05) is 6.54 Å². The maximum Gasteiger partial charge on any atom is 0.315 e. The van der Waals surface area contributed by atoms with Crippen LogP contribution in [0.1, 0.15) is 29.7 Å². The molecule has 3 rings (SSSR count). The summed E-state index contributed by atoms with van der Waals surface area (Å²) in [5.74, 6) is 0.841. The van der Waals surface area contributed by atoms with Gasteiger partial charge in [0.2, 0.25) is 0 Å². The number of carbonyl (C=O) groups is 1. The first kappa shape index (κ1) is 17.8. The summed E-state index contributed by atoms with van der Waals surface area (Å²) in [6.07, 6.45) is 0. The summed E-state index contributed by atoms with van der Waals surface area (Å²) in [5, 5.41) is 8.16. The zero-order valence-electron chi connectivity index (χ0n) is 15.4. The van der Waals surface area contributed by atoms with Crippen molar-refractivity contribution in [2.45, 2.75) is 26.4 Å². The van der Waals surface area contributed by atoms with E-state index in [0.29, 0.717) is 6.54 Å². The Hall–Kier alpha value is -3.01. The third-order valence-electron chi connectivity index (χ3n) is 4.57. The Kier molecular flexibility index (Phi) is 5.42. The molecule has 0 saturated carbocycles. The monoisotopic (exact) mass is 348 g/mol. The molecule has 134 valence electrons. The van der Waals surface area contributed by atoms with E-state index in [1.54, 1.807) is 7.11 Å². The number of amides is 2. The van der Waals surface area contributed by atoms with E-state index < -0.39 is 0 Å². The molecule has 0 spiro atoms. The van der Waals surface area contributed by atoms with Crippen molar-refractivity contribution in [3.63, 3.8) is 0 Å². The lowest BCUT2D eigenvalue weighted by Crippen LogP contribution is -2.36. The average Bonchev–Trinajstić information content (AvgIpc) is 2.66. The van der Waals surface area contributed by atoms with Crippen molar-refractivity contribution >= 4 is 16.8 Å². The van der Waals surface area contributed by atoms with E-state index in [9.17, 15) is 4.79 Å². The molecule has 0 aliphatic rings. The molecule has 4 heteroatoms. The molecule has 1 atom stereocenters. The van der Waals surface area contributed by atoms with Crippen molar-refractivity contribution in [1.82, 2.24) is 10.6 Å². The number of ether oxygens (including phenoxy) is 1. The van der Waals surface area contributed by atoms with Crippen LogP contribution in [0.2, 0.25) is 0 Å². The Morgan fingerprint density at radius 2 is 1.77 bits per heavy atom. The molecule has 0 radical (unpaired) electrons. The van der Waals surface area contributed by atoms with Crippen molar-refractivity contribution in [3.05, 3.63) is 77.4 Å². The highest BCUT2D eigenvalue weighted by atomic mass is 16.5. The van der Waals surface area contributed by atoms with Crippen LogP contribution in [0.25, 0.3) is 10.8 Å². The lowest BCUT2D eigenvalue weighted by Gasteiger charge is -2.17. The van der Waals surface area contributed by atoms with Gasteiger partial charge in [-0.3, -0.25) is 0 Å². The highest BCUT2D eigenvalue weighted by Crippen LogP contribution is 2.22. The van der Waals surface area contributed by atoms with Crippen molar-refractivity contribution in [1.29, 1.82) is 0 Å². The van der Waals surface area contributed by atoms with Crippen LogP contribution in [-0.2, 0) is 6.54 Å². The second-order valence-corrected chi connectivity index (χ2v) is 6.45. The van der Waals surface area contributed by atoms with Gasteiger partial charge in [-0.1, -0.05) is 42.5 Å². The van der Waals surface area contributed by atoms with Crippen LogP contribution in [-0.4, -0.2) is 13.1 Å². The number of hydrogen-bond acceptors (Lipinski definition) is 2. The van der Waals surface area contributed by atoms with E-state index in [1.807, 2.05) is 55.5 Å². The quantitative estimate of drug-likeness (QED) is 0.701. The summed E-state index contributed by atoms with van der Waals surface area (Å²) in [4.78, 5) is 12.2. The second-order valence-electron chi connectivity index (χ2n) is 6.45. The number of aryl methyl sites for hydroxylation is 1. The molecular formula is C22H24N2O2. The Morgan fingerprint density at radius 3 is 2.54 bits per heavy atom. The zero-order chi connectivity index (χ0) is 18.5. The Labute approximate surface area is 154 Å². The lowest BCUT2D eigenvalue weighted by molar-refractivity contribution is 0.237. The van der Waals surface area contributed by atoms with Crippen molar-refractivity contribution in [2.24, 2.45) is 0 Å². The standard InChI is InChI=1S/C22H24N2O2/c1-15-6-4-5-7-21(15)16(2)24-22(25)23-14-17-8-9-19-13-20(26-3)11-10-18(19)12-17/h4-13,16H,14H2,1-3H3,(H2,23,24,25)/t16-/m0/s1. The first-order chi connectivity index (χ1) is 12.6. The van der Waals surface area contributed by atoms with Gasteiger partial charge in [-0.2, -0.15) is 0 Å². The molecule has 0 unspecified atom stereocenters. The molecule has 0 aliphatic heterocycles. The van der Waals surface area contributed by atoms with Gasteiger partial charge >= 0.3 is 6.03 Å². The Morgan fingerprint density at radius 1 is 1.04 bits per heavy atom. The van der Waals surface area contributed by atoms with Crippen LogP contribution in [0.15, 0.2) is 60.7 Å². The van der Waals surface area contributed by atoms with Gasteiger partial charge in [-0.15, -0.1) is 0 Å². The van der Waals surface area contributed by atoms with E-state index in [0.717, 1.165) is 27.6 Å². The minimum Gasteiger partial charge on any atom is -0.497 e. The Bertz CT molecular complexity index is 921. The number of fused-ring (bicyclic) bond motifs is 1. The number of hydrogen-bond donors (Lipinski definition) is 2. The number of carbonyl (C=O) groups excluding carboxylic acids is 1. The molecule has 26 heavy (non-hydrogen) atoms. The smallest absolute Gasteiger partial charge is 0.315 e. The lowest BCUT2D eigenvalue weighted by atomic mass is 10.0. The van der Waals surface area contributed by atoms with Crippen LogP contribution in [0, 0.1) is 6.92 Å². The van der Waals surface area contributed by atoms with Gasteiger partial charge in [0.05, 0.1) is 13.2 Å². The molecule has 2 amide bonds. The average molecular weight is 348 g/mol. The number of methoxy groups -OCH3 is 1. The fourth-order valence-corrected chi connectivity index (χ4v) is 3.09. The Balaban J connectivity index is 1.60. The fourth-order valence-electron chi connectivity index (χ4n) is 3.09. The summed E-state index contributed by atoms with van der Waals surface area (Å²) < 4.78 is 5.25. The number of nitrogens with one attached hydrogen (secondary N) is 2. The summed E-state index contributed by atoms with van der Waals surface area (Å²) in [6.45, 7) is 4.52. The van der Waals surface area contributed by atoms with Crippen LogP contribution in [0.5, 0.6) is 5.75 Å². The fraction of sp³-hybridized carbons (Fsp3) is 0.227. The van der Waals surface area contributed by atoms with Crippen LogP contribution >= 0.6 is 0 Å². The molecule has 0 aliphatic carbocycles. The molecule has 2 N–H and O–H groups in total. The maximum atomic E-state index is 12.2. The summed E-state index contributed by atoms with van der Waals surface area (Å²) >= 11 is 0. The molecule has 0 fully saturated rings. The molecule has 3 aromatic rings. The molecule has 0 bridgehead atoms. The molecule has 0 saturated heterocycles. The maximum absolute atomic E-state index is 12.2. The number of rotatable bonds is 5. The molecular weight excluding hydrogens is 324 g/mol. The predicted octanol–water partition coefficient (Wildman–Crippen LogP) is 4.72. The minimum atomic E-state index is -0.171. The molecule has 4 nitrogen and oxygen atoms in total. The van der Waals surface area contributed by atoms with Gasteiger partial charge < -0.3 is 15.4 Å². The topological polar surface area (TPSA) is 50.4 Å². The summed E-state index contributed by atoms with van der Waals surface area (Å²) in [7, 11) is 1.66. The predicted molar refractivity (Wildman–Crippen MR) is 105 cm³/mol. The van der Waals surface area contributed by atoms with E-state index >= 15 is 0 Å². The largest absolute Gasteiger partial charge is 0.497 e. The van der Waals surface area contributed by atoms with Gasteiger partial charge in [0.25, 0.3) is 0 Å². The summed E-state index contributed by atoms with van der Waals surface area (Å²) in [5.41, 5.74) is 3.36. The van der Waals surface area contributed by atoms with Crippen molar-refractivity contribution in [2.75, 3.05) is 7.11 Å². The second kappa shape index (κ2) is 7.91. The normalized spacial score (nSPS) is 11.8. The van der Waals surface area contributed by atoms with Crippen LogP contribution in [0.3, 0.4) is 0 Å². The highest BCUT2D eigenvalue weighted by molar-refractivity contribution is 5.84. The zero-order valence-corrected chi connectivity index (χ0v) is 15.4. The third kappa shape index (κ3) is 4.14. The van der Waals surface area contributed by atoms with Gasteiger partial charge in [-0.05, 0) is 59.5 Å². The first-order valence-corrected chi connectivity index (χ1v) is 8.73. The number of benzene rings is 3. The third-order valence-corrected chi connectivity index (χ3v) is 4.57. The van der Waals surface area contributed by atoms with Gasteiger partial charge in [0.15, 0.2) is 0 Å². The highest BCUT2D eigenvalue weighted by Gasteiger charge is 2.11. The van der Waals surface area contributed by atoms with Gasteiger partial charge in [-0.25, -0.2) is 4.79 Å². The number of urea groups is 1. The van der Waals surface area contributed by atoms with Gasteiger partial charge in [0.1, 0.15) is 5.75 Å². The molecule has 3 aromatic carbocycles. The molecule has 0 aromatic heterocycles. The van der Waals surface area contributed by atoms with Crippen LogP contribution < -0.4 is 15.4 Å². The van der Waals surface area contributed by atoms with Crippen molar-refractivity contribution < 1.29 is 9.53 Å². The minimum absolute atomic E-state index is 0.0414. The van der Waals surface area contributed by atoms with E-state index in [4.69, 9.17) is 4.74 Å². The van der Waals surface area contributed by atoms with E-state index in [1.165, 1.54) is 5.56 Å². The van der Waals surface area contributed by atoms with E-state index in [2.05, 4.69) is 29.7 Å². The molecule has 0 heterocycles. The van der Waals surface area contributed by atoms with E-state index in [-0.39, 0.29) is 12.1 Å². The van der Waals surface area contributed by atoms with Crippen LogP contribution in [0.4, 0.5) is 4.79 Å². The van der Waals surface area contributed by atoms with Crippen molar-refractivity contribution in [3.8, 4) is 5.75 Å². The first-order valence-electron chi connectivity index (χ1n) is 8.73. The SMILES string of the molecule is COc1ccc2cc(CNC(=O)N[C@@H](C)c3ccccc3C)ccc2c1.